The molecule has 0 spiro atoms. The Morgan fingerprint density at radius 2 is 1.80 bits per heavy atom. The number of hydrogen-bond acceptors (Lipinski definition) is 8. The second-order valence-corrected chi connectivity index (χ2v) is 11.9. The number of rotatable bonds is 8. The van der Waals surface area contributed by atoms with Gasteiger partial charge in [0.1, 0.15) is 23.5 Å². The Morgan fingerprint density at radius 1 is 1.12 bits per heavy atom. The number of pyridine rings is 1. The highest BCUT2D eigenvalue weighted by Gasteiger charge is 2.55. The third kappa shape index (κ3) is 6.56. The van der Waals surface area contributed by atoms with E-state index in [0.29, 0.717) is 0 Å². The highest BCUT2D eigenvalue weighted by atomic mass is 32.2. The van der Waals surface area contributed by atoms with Gasteiger partial charge in [-0.25, -0.2) is 8.42 Å². The van der Waals surface area contributed by atoms with Crippen molar-refractivity contribution in [2.24, 2.45) is 5.92 Å². The standard InChI is InChI=1S/C26H27F3N4O7S/c1-15(2)13-19(31-23(35)16-6-8-17(9-7-16)40-26(27,28)29)24(36)32-12-10-20-22(32)21(34)14-33(20)41(38,39)25(37)18-5-3-4-11-30-18/h3-9,11,15,19-20,22H,10,12-14H2,1-2H3,(H,31,35). The number of nitrogens with one attached hydrogen (secondary N) is 1. The zero-order valence-corrected chi connectivity index (χ0v) is 22.8. The molecule has 15 heteroatoms. The highest BCUT2D eigenvalue weighted by Crippen LogP contribution is 2.33. The molecule has 2 aliphatic rings. The molecular formula is C26H27F3N4O7S. The summed E-state index contributed by atoms with van der Waals surface area (Å²) >= 11 is 0. The second kappa shape index (κ2) is 11.6. The molecule has 2 saturated heterocycles. The molecular weight excluding hydrogens is 569 g/mol. The fraction of sp³-hybridized carbons (Fsp3) is 0.423. The first-order valence-electron chi connectivity index (χ1n) is 12.7. The van der Waals surface area contributed by atoms with E-state index in [-0.39, 0.29) is 36.6 Å². The molecule has 1 N–H and O–H groups in total. The average Bonchev–Trinajstić information content (AvgIpc) is 3.48. The van der Waals surface area contributed by atoms with Gasteiger partial charge >= 0.3 is 11.5 Å². The summed E-state index contributed by atoms with van der Waals surface area (Å²) in [4.78, 5) is 57.3. The molecule has 3 heterocycles. The largest absolute Gasteiger partial charge is 0.573 e. The van der Waals surface area contributed by atoms with Gasteiger partial charge in [-0.3, -0.25) is 24.2 Å². The summed E-state index contributed by atoms with van der Waals surface area (Å²) in [5.74, 6) is -2.51. The Hall–Kier alpha value is -3.85. The number of amides is 2. The van der Waals surface area contributed by atoms with E-state index in [2.05, 4.69) is 15.0 Å². The van der Waals surface area contributed by atoms with Crippen molar-refractivity contribution in [3.8, 4) is 5.75 Å². The molecule has 0 radical (unpaired) electrons. The lowest BCUT2D eigenvalue weighted by atomic mass is 10.0. The first-order valence-corrected chi connectivity index (χ1v) is 14.1. The van der Waals surface area contributed by atoms with Gasteiger partial charge in [0.05, 0.1) is 12.6 Å². The van der Waals surface area contributed by atoms with Gasteiger partial charge in [0.15, 0.2) is 5.78 Å². The molecule has 41 heavy (non-hydrogen) atoms. The summed E-state index contributed by atoms with van der Waals surface area (Å²) in [5, 5.41) is 1.33. The summed E-state index contributed by atoms with van der Waals surface area (Å²) in [6, 6.07) is 5.16. The van der Waals surface area contributed by atoms with E-state index in [1.165, 1.54) is 29.3 Å². The molecule has 3 unspecified atom stereocenters. The number of sulfonamides is 1. The van der Waals surface area contributed by atoms with E-state index in [1.807, 2.05) is 0 Å². The van der Waals surface area contributed by atoms with Gasteiger partial charge in [0, 0.05) is 18.3 Å². The van der Waals surface area contributed by atoms with E-state index in [9.17, 15) is 40.8 Å². The third-order valence-corrected chi connectivity index (χ3v) is 8.43. The summed E-state index contributed by atoms with van der Waals surface area (Å²) in [5.41, 5.74) is -0.324. The maximum Gasteiger partial charge on any atom is 0.573 e. The van der Waals surface area contributed by atoms with Gasteiger partial charge in [-0.2, -0.15) is 4.31 Å². The van der Waals surface area contributed by atoms with E-state index in [0.717, 1.165) is 28.6 Å². The molecule has 1 aromatic carbocycles. The summed E-state index contributed by atoms with van der Waals surface area (Å²) in [6.07, 6.45) is -3.36. The lowest BCUT2D eigenvalue weighted by Gasteiger charge is -2.29. The molecule has 3 atom stereocenters. The van der Waals surface area contributed by atoms with Crippen molar-refractivity contribution in [2.45, 2.75) is 51.2 Å². The van der Waals surface area contributed by atoms with Crippen LogP contribution in [0.2, 0.25) is 0 Å². The minimum absolute atomic E-state index is 0.0116. The van der Waals surface area contributed by atoms with Crippen molar-refractivity contribution in [1.82, 2.24) is 19.5 Å². The fourth-order valence-corrected chi connectivity index (χ4v) is 6.48. The lowest BCUT2D eigenvalue weighted by molar-refractivity contribution is -0.274. The number of halogens is 3. The number of likely N-dealkylation sites (tertiary alicyclic amines) is 1. The van der Waals surface area contributed by atoms with Crippen molar-refractivity contribution < 1.29 is 45.5 Å². The Labute approximate surface area is 233 Å². The number of aromatic nitrogens is 1. The predicted octanol–water partition coefficient (Wildman–Crippen LogP) is 2.15. The molecule has 0 bridgehead atoms. The van der Waals surface area contributed by atoms with Crippen LogP contribution in [0.25, 0.3) is 0 Å². The van der Waals surface area contributed by atoms with Crippen molar-refractivity contribution in [1.29, 1.82) is 0 Å². The molecule has 1 aromatic heterocycles. The van der Waals surface area contributed by atoms with Gasteiger partial charge in [-0.1, -0.05) is 19.9 Å². The topological polar surface area (TPSA) is 143 Å². The average molecular weight is 597 g/mol. The lowest BCUT2D eigenvalue weighted by Crippen LogP contribution is -2.53. The van der Waals surface area contributed by atoms with Crippen LogP contribution in [0.1, 0.15) is 47.5 Å². The molecule has 0 saturated carbocycles. The Morgan fingerprint density at radius 3 is 2.39 bits per heavy atom. The van der Waals surface area contributed by atoms with Crippen molar-refractivity contribution >= 4 is 32.7 Å². The van der Waals surface area contributed by atoms with Crippen LogP contribution in [0.4, 0.5) is 13.2 Å². The van der Waals surface area contributed by atoms with E-state index >= 15 is 0 Å². The second-order valence-electron chi connectivity index (χ2n) is 10.1. The molecule has 4 rings (SSSR count). The number of benzene rings is 1. The minimum atomic E-state index is -4.90. The van der Waals surface area contributed by atoms with Crippen molar-refractivity contribution in [3.05, 3.63) is 59.9 Å². The zero-order chi connectivity index (χ0) is 30.1. The Balaban J connectivity index is 1.50. The number of alkyl halides is 3. The van der Waals surface area contributed by atoms with Crippen LogP contribution in [0.5, 0.6) is 5.75 Å². The van der Waals surface area contributed by atoms with Crippen LogP contribution in [-0.4, -0.2) is 82.9 Å². The number of ketones is 1. The third-order valence-electron chi connectivity index (χ3n) is 6.74. The van der Waals surface area contributed by atoms with Crippen molar-refractivity contribution in [3.63, 3.8) is 0 Å². The van der Waals surface area contributed by atoms with Crippen LogP contribution in [0.15, 0.2) is 48.7 Å². The molecule has 0 aliphatic carbocycles. The Bertz CT molecular complexity index is 1430. The molecule has 2 fully saturated rings. The predicted molar refractivity (Wildman–Crippen MR) is 137 cm³/mol. The number of carbonyl (C=O) groups is 4. The van der Waals surface area contributed by atoms with Crippen LogP contribution < -0.4 is 10.1 Å². The Kier molecular flexibility index (Phi) is 8.49. The van der Waals surface area contributed by atoms with Crippen LogP contribution in [0.3, 0.4) is 0 Å². The van der Waals surface area contributed by atoms with E-state index in [1.54, 1.807) is 13.8 Å². The number of nitrogens with zero attached hydrogens (tertiary/aromatic N) is 3. The van der Waals surface area contributed by atoms with Crippen molar-refractivity contribution in [2.75, 3.05) is 13.1 Å². The number of fused-ring (bicyclic) bond motifs is 1. The molecule has 2 aromatic rings. The quantitative estimate of drug-likeness (QED) is 0.489. The maximum atomic E-state index is 13.6. The highest BCUT2D eigenvalue weighted by molar-refractivity contribution is 8.04. The summed E-state index contributed by atoms with van der Waals surface area (Å²) < 4.78 is 68.2. The summed E-state index contributed by atoms with van der Waals surface area (Å²) in [7, 11) is -4.61. The molecule has 11 nitrogen and oxygen atoms in total. The molecule has 2 aliphatic heterocycles. The van der Waals surface area contributed by atoms with Gasteiger partial charge in [0.2, 0.25) is 5.91 Å². The molecule has 2 amide bonds. The minimum Gasteiger partial charge on any atom is -0.406 e. The fourth-order valence-electron chi connectivity index (χ4n) is 5.01. The number of hydrogen-bond donors (Lipinski definition) is 1. The normalized spacial score (nSPS) is 20.1. The molecule has 220 valence electrons. The first kappa shape index (κ1) is 30.1. The number of carbonyl (C=O) groups excluding carboxylic acids is 4. The summed E-state index contributed by atoms with van der Waals surface area (Å²) in [6.45, 7) is 3.03. The van der Waals surface area contributed by atoms with Crippen LogP contribution in [-0.2, 0) is 19.6 Å². The monoisotopic (exact) mass is 596 g/mol. The first-order chi connectivity index (χ1) is 19.2. The number of ether oxygens (including phenoxy) is 1. The van der Waals surface area contributed by atoms with Crippen LogP contribution in [0, 0.1) is 5.92 Å². The van der Waals surface area contributed by atoms with E-state index in [4.69, 9.17) is 0 Å². The van der Waals surface area contributed by atoms with Gasteiger partial charge in [-0.15, -0.1) is 13.2 Å². The van der Waals surface area contributed by atoms with Gasteiger partial charge < -0.3 is 15.0 Å². The zero-order valence-electron chi connectivity index (χ0n) is 22.0. The van der Waals surface area contributed by atoms with Gasteiger partial charge in [-0.05, 0) is 55.2 Å². The van der Waals surface area contributed by atoms with Crippen LogP contribution >= 0.6 is 0 Å². The smallest absolute Gasteiger partial charge is 0.406 e. The maximum absolute atomic E-state index is 13.6. The SMILES string of the molecule is CC(C)CC(NC(=O)c1ccc(OC(F)(F)F)cc1)C(=O)N1CCC2C1C(=O)CN2S(=O)(=O)C(=O)c1ccccn1. The number of Topliss-reactive ketones (excluding diaryl/α,β-unsaturated/α-hetero) is 1. The van der Waals surface area contributed by atoms with E-state index < -0.39 is 69.5 Å². The van der Waals surface area contributed by atoms with Gasteiger partial charge in [0.25, 0.3) is 15.9 Å².